The number of aldehydes is 1. The normalized spacial score (nSPS) is 10.6. The zero-order valence-corrected chi connectivity index (χ0v) is 10.9. The van der Waals surface area contributed by atoms with Gasteiger partial charge in [0.1, 0.15) is 0 Å². The van der Waals surface area contributed by atoms with Crippen LogP contribution >= 0.6 is 0 Å². The Morgan fingerprint density at radius 1 is 1.29 bits per heavy atom. The van der Waals surface area contributed by atoms with Gasteiger partial charge in [-0.3, -0.25) is 4.79 Å². The summed E-state index contributed by atoms with van der Waals surface area (Å²) in [6, 6.07) is 0.369. The van der Waals surface area contributed by atoms with Crippen LogP contribution < -0.4 is 4.90 Å². The van der Waals surface area contributed by atoms with Crippen LogP contribution in [0.15, 0.2) is 12.4 Å². The Bertz CT molecular complexity index is 335. The summed E-state index contributed by atoms with van der Waals surface area (Å²) in [4.78, 5) is 21.2. The van der Waals surface area contributed by atoms with Crippen molar-refractivity contribution in [2.75, 3.05) is 11.4 Å². The summed E-state index contributed by atoms with van der Waals surface area (Å²) in [5.41, 5.74) is 0.519. The summed E-state index contributed by atoms with van der Waals surface area (Å²) in [5, 5.41) is 0. The van der Waals surface area contributed by atoms with Crippen molar-refractivity contribution >= 4 is 12.2 Å². The highest BCUT2D eigenvalue weighted by atomic mass is 16.1. The Labute approximate surface area is 103 Å². The number of rotatable bonds is 7. The van der Waals surface area contributed by atoms with Gasteiger partial charge < -0.3 is 4.90 Å². The van der Waals surface area contributed by atoms with E-state index in [4.69, 9.17) is 0 Å². The van der Waals surface area contributed by atoms with Crippen LogP contribution in [0, 0.1) is 0 Å². The average Bonchev–Trinajstić information content (AvgIpc) is 2.34. The van der Waals surface area contributed by atoms with Gasteiger partial charge in [-0.2, -0.15) is 0 Å². The van der Waals surface area contributed by atoms with Crippen LogP contribution in [0.25, 0.3) is 0 Å². The van der Waals surface area contributed by atoms with E-state index in [2.05, 4.69) is 35.6 Å². The highest BCUT2D eigenvalue weighted by Gasteiger charge is 2.12. The molecule has 0 amide bonds. The van der Waals surface area contributed by atoms with Crippen molar-refractivity contribution in [3.8, 4) is 0 Å². The lowest BCUT2D eigenvalue weighted by Gasteiger charge is -2.26. The molecule has 0 aliphatic rings. The molecule has 0 saturated carbocycles. The second kappa shape index (κ2) is 6.99. The molecular formula is C13H21N3O. The molecule has 1 heterocycles. The van der Waals surface area contributed by atoms with E-state index >= 15 is 0 Å². The summed E-state index contributed by atoms with van der Waals surface area (Å²) < 4.78 is 0. The number of carbonyl (C=O) groups is 1. The summed E-state index contributed by atoms with van der Waals surface area (Å²) in [6.07, 6.45) is 7.48. The van der Waals surface area contributed by atoms with Crippen LogP contribution in [-0.4, -0.2) is 28.8 Å². The molecular weight excluding hydrogens is 214 g/mol. The molecule has 0 N–H and O–H groups in total. The Morgan fingerprint density at radius 2 is 1.94 bits per heavy atom. The molecule has 1 rings (SSSR count). The van der Waals surface area contributed by atoms with Gasteiger partial charge in [0.25, 0.3) is 0 Å². The van der Waals surface area contributed by atoms with E-state index in [9.17, 15) is 4.79 Å². The van der Waals surface area contributed by atoms with Gasteiger partial charge in [-0.1, -0.05) is 19.8 Å². The lowest BCUT2D eigenvalue weighted by molar-refractivity contribution is 0.112. The average molecular weight is 235 g/mol. The molecule has 1 aromatic rings. The van der Waals surface area contributed by atoms with Gasteiger partial charge in [-0.25, -0.2) is 9.97 Å². The lowest BCUT2D eigenvalue weighted by Crippen LogP contribution is -2.33. The first-order chi connectivity index (χ1) is 8.19. The van der Waals surface area contributed by atoms with Gasteiger partial charge >= 0.3 is 0 Å². The summed E-state index contributed by atoms with van der Waals surface area (Å²) in [7, 11) is 0. The zero-order chi connectivity index (χ0) is 12.7. The maximum atomic E-state index is 10.5. The molecule has 0 saturated heterocycles. The fraction of sp³-hybridized carbons (Fsp3) is 0.615. The van der Waals surface area contributed by atoms with Gasteiger partial charge in [0.15, 0.2) is 6.29 Å². The molecule has 1 aromatic heterocycles. The number of hydrogen-bond acceptors (Lipinski definition) is 4. The van der Waals surface area contributed by atoms with E-state index in [-0.39, 0.29) is 0 Å². The van der Waals surface area contributed by atoms with Crippen LogP contribution in [-0.2, 0) is 0 Å². The van der Waals surface area contributed by atoms with Crippen molar-refractivity contribution in [3.63, 3.8) is 0 Å². The third-order valence-electron chi connectivity index (χ3n) is 2.68. The first-order valence-electron chi connectivity index (χ1n) is 6.23. The van der Waals surface area contributed by atoms with Crippen molar-refractivity contribution in [3.05, 3.63) is 18.0 Å². The Morgan fingerprint density at radius 3 is 2.41 bits per heavy atom. The van der Waals surface area contributed by atoms with E-state index in [0.29, 0.717) is 17.6 Å². The SMILES string of the molecule is CCCCCN(c1ncc(C=O)cn1)C(C)C. The summed E-state index contributed by atoms with van der Waals surface area (Å²) >= 11 is 0. The van der Waals surface area contributed by atoms with Gasteiger partial charge in [0.2, 0.25) is 5.95 Å². The minimum Gasteiger partial charge on any atom is -0.338 e. The number of hydrogen-bond donors (Lipinski definition) is 0. The molecule has 0 radical (unpaired) electrons. The number of aromatic nitrogens is 2. The third kappa shape index (κ3) is 4.13. The first-order valence-corrected chi connectivity index (χ1v) is 6.23. The molecule has 94 valence electrons. The summed E-state index contributed by atoms with van der Waals surface area (Å²) in [5.74, 6) is 0.710. The third-order valence-corrected chi connectivity index (χ3v) is 2.68. The minimum absolute atomic E-state index is 0.369. The Balaban J connectivity index is 2.71. The molecule has 0 unspecified atom stereocenters. The van der Waals surface area contributed by atoms with Crippen molar-refractivity contribution < 1.29 is 4.79 Å². The predicted octanol–water partition coefficient (Wildman–Crippen LogP) is 2.69. The number of unbranched alkanes of at least 4 members (excludes halogenated alkanes) is 2. The van der Waals surface area contributed by atoms with Crippen LogP contribution in [0.2, 0.25) is 0 Å². The van der Waals surface area contributed by atoms with Gasteiger partial charge in [-0.15, -0.1) is 0 Å². The van der Waals surface area contributed by atoms with Crippen LogP contribution in [0.5, 0.6) is 0 Å². The second-order valence-electron chi connectivity index (χ2n) is 4.43. The minimum atomic E-state index is 0.369. The van der Waals surface area contributed by atoms with Gasteiger partial charge in [0.05, 0.1) is 5.56 Å². The van der Waals surface area contributed by atoms with Crippen LogP contribution in [0.1, 0.15) is 50.4 Å². The zero-order valence-electron chi connectivity index (χ0n) is 10.9. The molecule has 0 aliphatic heterocycles. The number of anilines is 1. The number of carbonyl (C=O) groups excluding carboxylic acids is 1. The van der Waals surface area contributed by atoms with E-state index in [1.807, 2.05) is 0 Å². The van der Waals surface area contributed by atoms with Crippen LogP contribution in [0.3, 0.4) is 0 Å². The molecule has 0 aromatic carbocycles. The molecule has 4 nitrogen and oxygen atoms in total. The quantitative estimate of drug-likeness (QED) is 0.538. The monoisotopic (exact) mass is 235 g/mol. The fourth-order valence-electron chi connectivity index (χ4n) is 1.66. The van der Waals surface area contributed by atoms with Crippen molar-refractivity contribution in [1.82, 2.24) is 9.97 Å². The van der Waals surface area contributed by atoms with E-state index < -0.39 is 0 Å². The molecule has 4 heteroatoms. The molecule has 17 heavy (non-hydrogen) atoms. The van der Waals surface area contributed by atoms with E-state index in [1.165, 1.54) is 12.8 Å². The van der Waals surface area contributed by atoms with Crippen molar-refractivity contribution in [1.29, 1.82) is 0 Å². The summed E-state index contributed by atoms with van der Waals surface area (Å²) in [6.45, 7) is 7.41. The maximum absolute atomic E-state index is 10.5. The van der Waals surface area contributed by atoms with Crippen molar-refractivity contribution in [2.24, 2.45) is 0 Å². The molecule has 0 atom stereocenters. The van der Waals surface area contributed by atoms with Crippen molar-refractivity contribution in [2.45, 2.75) is 46.1 Å². The molecule has 0 spiro atoms. The Hall–Kier alpha value is -1.45. The second-order valence-corrected chi connectivity index (χ2v) is 4.43. The maximum Gasteiger partial charge on any atom is 0.225 e. The predicted molar refractivity (Wildman–Crippen MR) is 69.4 cm³/mol. The highest BCUT2D eigenvalue weighted by Crippen LogP contribution is 2.12. The first kappa shape index (κ1) is 13.6. The lowest BCUT2D eigenvalue weighted by atomic mass is 10.2. The smallest absolute Gasteiger partial charge is 0.225 e. The van der Waals surface area contributed by atoms with Crippen LogP contribution in [0.4, 0.5) is 5.95 Å². The van der Waals surface area contributed by atoms with Gasteiger partial charge in [0, 0.05) is 25.0 Å². The topological polar surface area (TPSA) is 46.1 Å². The van der Waals surface area contributed by atoms with E-state index in [0.717, 1.165) is 19.3 Å². The molecule has 0 bridgehead atoms. The largest absolute Gasteiger partial charge is 0.338 e. The standard InChI is InChI=1S/C13H21N3O/c1-4-5-6-7-16(11(2)3)13-14-8-12(10-17)9-15-13/h8-11H,4-7H2,1-3H3. The highest BCUT2D eigenvalue weighted by molar-refractivity contribution is 5.73. The van der Waals surface area contributed by atoms with E-state index in [1.54, 1.807) is 12.4 Å². The molecule has 0 aliphatic carbocycles. The molecule has 0 fully saturated rings. The fourth-order valence-corrected chi connectivity index (χ4v) is 1.66. The Kier molecular flexibility index (Phi) is 5.60. The number of nitrogens with zero attached hydrogens (tertiary/aromatic N) is 3. The van der Waals surface area contributed by atoms with Gasteiger partial charge in [-0.05, 0) is 20.3 Å².